The highest BCUT2D eigenvalue weighted by Crippen LogP contribution is 2.03. The fourth-order valence-electron chi connectivity index (χ4n) is 1.16. The van der Waals surface area contributed by atoms with Crippen LogP contribution in [0.4, 0.5) is 4.79 Å². The molecule has 0 saturated heterocycles. The number of carboxylic acid groups (broad SMARTS) is 1. The van der Waals surface area contributed by atoms with Crippen LogP contribution in [0, 0.1) is 0 Å². The maximum Gasteiger partial charge on any atom is 0.325 e. The summed E-state index contributed by atoms with van der Waals surface area (Å²) < 4.78 is 4.42. The minimum Gasteiger partial charge on any atom is -0.480 e. The predicted molar refractivity (Wildman–Crippen MR) is 59.5 cm³/mol. The van der Waals surface area contributed by atoms with E-state index in [-0.39, 0.29) is 12.6 Å². The molecule has 0 aliphatic heterocycles. The lowest BCUT2D eigenvalue weighted by molar-refractivity contribution is -0.141. The van der Waals surface area contributed by atoms with E-state index in [0.717, 1.165) is 9.80 Å². The smallest absolute Gasteiger partial charge is 0.325 e. The second-order valence-corrected chi connectivity index (χ2v) is 3.83. The highest BCUT2D eigenvalue weighted by atomic mass is 16.5. The third kappa shape index (κ3) is 5.19. The van der Waals surface area contributed by atoms with Crippen LogP contribution < -0.4 is 0 Å². The lowest BCUT2D eigenvalue weighted by Crippen LogP contribution is -2.48. The Morgan fingerprint density at radius 1 is 1.24 bits per heavy atom. The van der Waals surface area contributed by atoms with E-state index in [1.165, 1.54) is 14.2 Å². The van der Waals surface area contributed by atoms with Gasteiger partial charge in [-0.05, 0) is 13.8 Å². The van der Waals surface area contributed by atoms with Gasteiger partial charge in [0.2, 0.25) is 0 Å². The predicted octanol–water partition coefficient (Wildman–Crippen LogP) is 0.00620. The molecule has 7 heteroatoms. The van der Waals surface area contributed by atoms with Gasteiger partial charge in [0.1, 0.15) is 13.1 Å². The Kier molecular flexibility index (Phi) is 6.01. The minimum absolute atomic E-state index is 0.210. The van der Waals surface area contributed by atoms with E-state index in [0.29, 0.717) is 0 Å². The molecule has 7 nitrogen and oxygen atoms in total. The number of likely N-dealkylation sites (N-methyl/N-ethyl adjacent to an activating group) is 1. The average Bonchev–Trinajstić information content (AvgIpc) is 2.23. The summed E-state index contributed by atoms with van der Waals surface area (Å²) in [5.74, 6) is -1.65. The number of amides is 2. The van der Waals surface area contributed by atoms with Gasteiger partial charge in [0, 0.05) is 13.1 Å². The van der Waals surface area contributed by atoms with Crippen molar-refractivity contribution in [2.24, 2.45) is 0 Å². The van der Waals surface area contributed by atoms with Crippen molar-refractivity contribution >= 4 is 18.0 Å². The van der Waals surface area contributed by atoms with Crippen LogP contribution in [0.5, 0.6) is 0 Å². The van der Waals surface area contributed by atoms with E-state index in [2.05, 4.69) is 4.74 Å². The summed E-state index contributed by atoms with van der Waals surface area (Å²) >= 11 is 0. The molecule has 0 fully saturated rings. The first-order chi connectivity index (χ1) is 7.79. The Hall–Kier alpha value is -1.79. The van der Waals surface area contributed by atoms with Crippen LogP contribution in [-0.2, 0) is 14.3 Å². The average molecular weight is 246 g/mol. The van der Waals surface area contributed by atoms with E-state index in [9.17, 15) is 14.4 Å². The number of methoxy groups -OCH3 is 1. The molecule has 0 unspecified atom stereocenters. The van der Waals surface area contributed by atoms with Gasteiger partial charge in [-0.1, -0.05) is 0 Å². The van der Waals surface area contributed by atoms with Gasteiger partial charge in [-0.3, -0.25) is 9.59 Å². The fraction of sp³-hybridized carbons (Fsp3) is 0.700. The first-order valence-corrected chi connectivity index (χ1v) is 5.10. The Bertz CT molecular complexity index is 303. The lowest BCUT2D eigenvalue weighted by atomic mass is 10.3. The molecule has 0 atom stereocenters. The molecule has 0 aliphatic carbocycles. The summed E-state index contributed by atoms with van der Waals surface area (Å²) in [6.45, 7) is 2.79. The van der Waals surface area contributed by atoms with Gasteiger partial charge in [0.25, 0.3) is 0 Å². The number of carbonyl (C=O) groups excluding carboxylic acids is 2. The maximum absolute atomic E-state index is 11.9. The SMILES string of the molecule is COC(=O)CN(C)C(=O)N(CC(=O)O)C(C)C. The number of hydrogen-bond acceptors (Lipinski definition) is 4. The van der Waals surface area contributed by atoms with Crippen molar-refractivity contribution in [2.75, 3.05) is 27.2 Å². The van der Waals surface area contributed by atoms with Crippen molar-refractivity contribution in [3.8, 4) is 0 Å². The van der Waals surface area contributed by atoms with E-state index >= 15 is 0 Å². The summed E-state index contributed by atoms with van der Waals surface area (Å²) in [6.07, 6.45) is 0. The third-order valence-electron chi connectivity index (χ3n) is 2.10. The normalized spacial score (nSPS) is 9.94. The van der Waals surface area contributed by atoms with Crippen molar-refractivity contribution in [1.29, 1.82) is 0 Å². The van der Waals surface area contributed by atoms with Crippen LogP contribution in [0.25, 0.3) is 0 Å². The largest absolute Gasteiger partial charge is 0.480 e. The summed E-state index contributed by atoms with van der Waals surface area (Å²) in [4.78, 5) is 35.7. The van der Waals surface area contributed by atoms with Gasteiger partial charge < -0.3 is 19.6 Å². The topological polar surface area (TPSA) is 87.2 Å². The number of rotatable bonds is 5. The number of nitrogens with zero attached hydrogens (tertiary/aromatic N) is 2. The first-order valence-electron chi connectivity index (χ1n) is 5.10. The highest BCUT2D eigenvalue weighted by molar-refractivity contribution is 5.83. The molecule has 2 amide bonds. The zero-order valence-corrected chi connectivity index (χ0v) is 10.5. The van der Waals surface area contributed by atoms with Crippen molar-refractivity contribution < 1.29 is 24.2 Å². The van der Waals surface area contributed by atoms with Gasteiger partial charge in [0.15, 0.2) is 0 Å². The van der Waals surface area contributed by atoms with Crippen molar-refractivity contribution in [1.82, 2.24) is 9.80 Å². The molecular weight excluding hydrogens is 228 g/mol. The molecule has 0 heterocycles. The second kappa shape index (κ2) is 6.72. The summed E-state index contributed by atoms with van der Waals surface area (Å²) in [5.41, 5.74) is 0. The lowest BCUT2D eigenvalue weighted by Gasteiger charge is -2.29. The molecule has 98 valence electrons. The quantitative estimate of drug-likeness (QED) is 0.690. The fourth-order valence-corrected chi connectivity index (χ4v) is 1.16. The number of urea groups is 1. The van der Waals surface area contributed by atoms with Gasteiger partial charge in [-0.2, -0.15) is 0 Å². The molecule has 1 N–H and O–H groups in total. The molecule has 0 aromatic carbocycles. The van der Waals surface area contributed by atoms with Crippen molar-refractivity contribution in [3.05, 3.63) is 0 Å². The number of ether oxygens (including phenoxy) is 1. The molecule has 0 aromatic rings. The van der Waals surface area contributed by atoms with Crippen LogP contribution in [0.1, 0.15) is 13.8 Å². The summed E-state index contributed by atoms with van der Waals surface area (Å²) in [6, 6.07) is -0.786. The standard InChI is InChI=1S/C10H18N2O5/c1-7(2)12(5-8(13)14)10(16)11(3)6-9(15)17-4/h7H,5-6H2,1-4H3,(H,13,14). The first kappa shape index (κ1) is 15.2. The minimum atomic E-state index is -1.10. The van der Waals surface area contributed by atoms with Crippen LogP contribution in [0.2, 0.25) is 0 Å². The molecule has 0 radical (unpaired) electrons. The number of carbonyl (C=O) groups is 3. The third-order valence-corrected chi connectivity index (χ3v) is 2.10. The Labute approximate surface area is 99.9 Å². The highest BCUT2D eigenvalue weighted by Gasteiger charge is 2.24. The number of hydrogen-bond donors (Lipinski definition) is 1. The molecule has 0 saturated carbocycles. The second-order valence-electron chi connectivity index (χ2n) is 3.83. The van der Waals surface area contributed by atoms with Crippen molar-refractivity contribution in [2.45, 2.75) is 19.9 Å². The van der Waals surface area contributed by atoms with Crippen molar-refractivity contribution in [3.63, 3.8) is 0 Å². The molecule has 0 spiro atoms. The number of aliphatic carboxylic acids is 1. The molecule has 0 aromatic heterocycles. The monoisotopic (exact) mass is 246 g/mol. The van der Waals surface area contributed by atoms with Gasteiger partial charge in [-0.25, -0.2) is 4.79 Å². The van der Waals surface area contributed by atoms with Crippen LogP contribution in [0.15, 0.2) is 0 Å². The molecule has 0 bridgehead atoms. The van der Waals surface area contributed by atoms with Crippen LogP contribution >= 0.6 is 0 Å². The van der Waals surface area contributed by atoms with E-state index in [1.54, 1.807) is 13.8 Å². The van der Waals surface area contributed by atoms with E-state index in [4.69, 9.17) is 5.11 Å². The van der Waals surface area contributed by atoms with E-state index < -0.39 is 24.5 Å². The van der Waals surface area contributed by atoms with Crippen LogP contribution in [0.3, 0.4) is 0 Å². The Morgan fingerprint density at radius 3 is 2.12 bits per heavy atom. The molecule has 17 heavy (non-hydrogen) atoms. The number of carboxylic acids is 1. The van der Waals surface area contributed by atoms with Gasteiger partial charge in [0.05, 0.1) is 7.11 Å². The zero-order chi connectivity index (χ0) is 13.6. The van der Waals surface area contributed by atoms with Gasteiger partial charge >= 0.3 is 18.0 Å². The molecule has 0 aliphatic rings. The molecular formula is C10H18N2O5. The van der Waals surface area contributed by atoms with Gasteiger partial charge in [-0.15, -0.1) is 0 Å². The van der Waals surface area contributed by atoms with E-state index in [1.807, 2.05) is 0 Å². The Morgan fingerprint density at radius 2 is 1.76 bits per heavy atom. The Balaban J connectivity index is 4.60. The zero-order valence-electron chi connectivity index (χ0n) is 10.5. The summed E-state index contributed by atoms with van der Waals surface area (Å²) in [7, 11) is 2.63. The van der Waals surface area contributed by atoms with Crippen LogP contribution in [-0.4, -0.2) is 66.2 Å². The maximum atomic E-state index is 11.9. The summed E-state index contributed by atoms with van der Waals surface area (Å²) in [5, 5.41) is 8.69. The molecule has 0 rings (SSSR count). The number of esters is 1.